The molecule has 0 radical (unpaired) electrons. The Morgan fingerprint density at radius 3 is 2.16 bits per heavy atom. The second-order valence-electron chi connectivity index (χ2n) is 6.75. The lowest BCUT2D eigenvalue weighted by Crippen LogP contribution is -3.13. The molecule has 0 aliphatic carbocycles. The molecule has 2 aromatic rings. The number of benzene rings is 2. The van der Waals surface area contributed by atoms with E-state index in [4.69, 9.17) is 0 Å². The number of hydrogen-bond donors (Lipinski definition) is 1. The molecule has 1 heterocycles. The number of hydrogen-bond acceptors (Lipinski definition) is 4. The van der Waals surface area contributed by atoms with Crippen LogP contribution in [-0.2, 0) is 6.54 Å². The van der Waals surface area contributed by atoms with Crippen LogP contribution in [0.3, 0.4) is 0 Å². The van der Waals surface area contributed by atoms with Crippen molar-refractivity contribution in [2.45, 2.75) is 6.54 Å². The van der Waals surface area contributed by atoms with Gasteiger partial charge in [0, 0.05) is 43.2 Å². The molecule has 3 rings (SSSR count). The summed E-state index contributed by atoms with van der Waals surface area (Å²) in [7, 11) is 4.11. The molecule has 0 unspecified atom stereocenters. The van der Waals surface area contributed by atoms with Crippen LogP contribution in [0.2, 0.25) is 0 Å². The molecule has 0 amide bonds. The largest absolute Gasteiger partial charge is 0.378 e. The topological polar surface area (TPSA) is 54.1 Å². The Bertz CT molecular complexity index is 705. The fourth-order valence-electron chi connectivity index (χ4n) is 3.24. The Kier molecular flexibility index (Phi) is 5.19. The Hall–Kier alpha value is -2.60. The minimum atomic E-state index is -0.354. The molecule has 1 aliphatic rings. The molecule has 1 fully saturated rings. The lowest BCUT2D eigenvalue weighted by Gasteiger charge is -2.33. The first-order chi connectivity index (χ1) is 12.0. The third-order valence-electron chi connectivity index (χ3n) is 4.80. The van der Waals surface area contributed by atoms with E-state index in [-0.39, 0.29) is 10.6 Å². The molecule has 0 atom stereocenters. The molecule has 0 saturated carbocycles. The van der Waals surface area contributed by atoms with Crippen LogP contribution in [-0.4, -0.2) is 45.2 Å². The maximum atomic E-state index is 10.7. The maximum Gasteiger partial charge on any atom is 0.269 e. The molecule has 1 N–H and O–H groups in total. The van der Waals surface area contributed by atoms with Crippen LogP contribution in [0, 0.1) is 10.1 Å². The highest BCUT2D eigenvalue weighted by Gasteiger charge is 2.20. The minimum Gasteiger partial charge on any atom is -0.378 e. The van der Waals surface area contributed by atoms with Crippen LogP contribution >= 0.6 is 0 Å². The molecule has 25 heavy (non-hydrogen) atoms. The van der Waals surface area contributed by atoms with Crippen LogP contribution in [0.15, 0.2) is 48.5 Å². The van der Waals surface area contributed by atoms with Crippen LogP contribution in [0.1, 0.15) is 5.56 Å². The predicted octanol–water partition coefficient (Wildman–Crippen LogP) is 1.57. The van der Waals surface area contributed by atoms with Crippen molar-refractivity contribution in [3.63, 3.8) is 0 Å². The van der Waals surface area contributed by atoms with Crippen molar-refractivity contribution in [1.29, 1.82) is 0 Å². The van der Waals surface area contributed by atoms with Crippen molar-refractivity contribution in [1.82, 2.24) is 0 Å². The summed E-state index contributed by atoms with van der Waals surface area (Å²) in [4.78, 5) is 16.4. The number of anilines is 2. The van der Waals surface area contributed by atoms with Gasteiger partial charge in [-0.25, -0.2) is 0 Å². The van der Waals surface area contributed by atoms with Crippen molar-refractivity contribution in [3.05, 3.63) is 64.2 Å². The standard InChI is InChI=1S/C19H24N4O2/c1-20(2)17-5-3-16(4-6-17)15-21-11-13-22(14-12-21)18-7-9-19(10-8-18)23(24)25/h3-10H,11-15H2,1-2H3/p+1. The van der Waals surface area contributed by atoms with E-state index in [1.807, 2.05) is 12.1 Å². The zero-order valence-electron chi connectivity index (χ0n) is 14.8. The molecule has 0 spiro atoms. The zero-order chi connectivity index (χ0) is 17.8. The second kappa shape index (κ2) is 7.53. The molecule has 6 heteroatoms. The summed E-state index contributed by atoms with van der Waals surface area (Å²) >= 11 is 0. The molecule has 0 aromatic heterocycles. The van der Waals surface area contributed by atoms with Gasteiger partial charge in [0.1, 0.15) is 6.54 Å². The van der Waals surface area contributed by atoms with Gasteiger partial charge < -0.3 is 14.7 Å². The molecule has 6 nitrogen and oxygen atoms in total. The van der Waals surface area contributed by atoms with Gasteiger partial charge in [0.15, 0.2) is 0 Å². The van der Waals surface area contributed by atoms with Crippen molar-refractivity contribution in [3.8, 4) is 0 Å². The van der Waals surface area contributed by atoms with E-state index in [2.05, 4.69) is 48.2 Å². The molecule has 0 bridgehead atoms. The van der Waals surface area contributed by atoms with Gasteiger partial charge in [0.2, 0.25) is 0 Å². The van der Waals surface area contributed by atoms with Gasteiger partial charge in [-0.3, -0.25) is 10.1 Å². The van der Waals surface area contributed by atoms with Gasteiger partial charge in [-0.1, -0.05) is 12.1 Å². The molecule has 132 valence electrons. The number of nitrogens with one attached hydrogen (secondary N) is 1. The zero-order valence-corrected chi connectivity index (χ0v) is 14.8. The van der Waals surface area contributed by atoms with E-state index in [9.17, 15) is 10.1 Å². The molecular formula is C19H25N4O2+. The predicted molar refractivity (Wildman–Crippen MR) is 100 cm³/mol. The first-order valence-corrected chi connectivity index (χ1v) is 8.62. The Balaban J connectivity index is 1.53. The quantitative estimate of drug-likeness (QED) is 0.662. The van der Waals surface area contributed by atoms with Crippen LogP contribution in [0.5, 0.6) is 0 Å². The van der Waals surface area contributed by atoms with Gasteiger partial charge in [0.25, 0.3) is 5.69 Å². The smallest absolute Gasteiger partial charge is 0.269 e. The van der Waals surface area contributed by atoms with Gasteiger partial charge in [-0.05, 0) is 24.3 Å². The average Bonchev–Trinajstić information content (AvgIpc) is 2.63. The highest BCUT2D eigenvalue weighted by Crippen LogP contribution is 2.19. The Morgan fingerprint density at radius 1 is 1.04 bits per heavy atom. The van der Waals surface area contributed by atoms with Gasteiger partial charge >= 0.3 is 0 Å². The summed E-state index contributed by atoms with van der Waals surface area (Å²) in [5.41, 5.74) is 3.81. The summed E-state index contributed by atoms with van der Waals surface area (Å²) in [5, 5.41) is 10.7. The van der Waals surface area contributed by atoms with Crippen LogP contribution in [0.25, 0.3) is 0 Å². The lowest BCUT2D eigenvalue weighted by atomic mass is 10.1. The average molecular weight is 341 g/mol. The summed E-state index contributed by atoms with van der Waals surface area (Å²) in [5.74, 6) is 0. The first-order valence-electron chi connectivity index (χ1n) is 8.62. The summed E-state index contributed by atoms with van der Waals surface area (Å²) in [6, 6.07) is 15.6. The number of piperazine rings is 1. The molecular weight excluding hydrogens is 316 g/mol. The SMILES string of the molecule is CN(C)c1ccc(C[NH+]2CCN(c3ccc([N+](=O)[O-])cc3)CC2)cc1. The highest BCUT2D eigenvalue weighted by molar-refractivity contribution is 5.51. The number of nitro groups is 1. The number of non-ortho nitro benzene ring substituents is 1. The van der Waals surface area contributed by atoms with E-state index < -0.39 is 0 Å². The van der Waals surface area contributed by atoms with Crippen LogP contribution < -0.4 is 14.7 Å². The van der Waals surface area contributed by atoms with Crippen molar-refractivity contribution in [2.24, 2.45) is 0 Å². The molecule has 1 aliphatic heterocycles. The van der Waals surface area contributed by atoms with Gasteiger partial charge in [-0.2, -0.15) is 0 Å². The van der Waals surface area contributed by atoms with E-state index in [1.165, 1.54) is 11.3 Å². The Labute approximate surface area is 148 Å². The minimum absolute atomic E-state index is 0.147. The summed E-state index contributed by atoms with van der Waals surface area (Å²) in [6.07, 6.45) is 0. The normalized spacial score (nSPS) is 15.2. The van der Waals surface area contributed by atoms with Crippen LogP contribution in [0.4, 0.5) is 17.1 Å². The number of quaternary nitrogens is 1. The summed E-state index contributed by atoms with van der Waals surface area (Å²) in [6.45, 7) is 5.15. The monoisotopic (exact) mass is 341 g/mol. The van der Waals surface area contributed by atoms with E-state index in [0.717, 1.165) is 38.4 Å². The molecule has 2 aromatic carbocycles. The number of nitrogens with zero attached hydrogens (tertiary/aromatic N) is 3. The lowest BCUT2D eigenvalue weighted by molar-refractivity contribution is -0.914. The third-order valence-corrected chi connectivity index (χ3v) is 4.80. The van der Waals surface area contributed by atoms with E-state index in [1.54, 1.807) is 17.0 Å². The Morgan fingerprint density at radius 2 is 1.64 bits per heavy atom. The second-order valence-corrected chi connectivity index (χ2v) is 6.75. The number of rotatable bonds is 5. The summed E-state index contributed by atoms with van der Waals surface area (Å²) < 4.78 is 0. The highest BCUT2D eigenvalue weighted by atomic mass is 16.6. The van der Waals surface area contributed by atoms with Crippen molar-refractivity contribution in [2.75, 3.05) is 50.1 Å². The van der Waals surface area contributed by atoms with E-state index in [0.29, 0.717) is 0 Å². The van der Waals surface area contributed by atoms with Crippen molar-refractivity contribution >= 4 is 17.1 Å². The first kappa shape index (κ1) is 17.2. The van der Waals surface area contributed by atoms with Crippen molar-refractivity contribution < 1.29 is 9.82 Å². The third kappa shape index (κ3) is 4.28. The van der Waals surface area contributed by atoms with E-state index >= 15 is 0 Å². The van der Waals surface area contributed by atoms with Gasteiger partial charge in [-0.15, -0.1) is 0 Å². The van der Waals surface area contributed by atoms with Gasteiger partial charge in [0.05, 0.1) is 31.1 Å². The fraction of sp³-hybridized carbons (Fsp3) is 0.368. The fourth-order valence-corrected chi connectivity index (χ4v) is 3.24. The number of nitro benzene ring substituents is 1. The molecule has 1 saturated heterocycles. The maximum absolute atomic E-state index is 10.7.